The molecule has 3 heteroatoms. The summed E-state index contributed by atoms with van der Waals surface area (Å²) in [6.07, 6.45) is 5.51. The fourth-order valence-electron chi connectivity index (χ4n) is 4.39. The van der Waals surface area contributed by atoms with E-state index in [1.165, 1.54) is 24.8 Å². The molecule has 0 radical (unpaired) electrons. The van der Waals surface area contributed by atoms with Gasteiger partial charge in [-0.2, -0.15) is 0 Å². The maximum atomic E-state index is 12.9. The minimum absolute atomic E-state index is 0.00124. The first-order valence-corrected chi connectivity index (χ1v) is 8.10. The first kappa shape index (κ1) is 14.6. The summed E-state index contributed by atoms with van der Waals surface area (Å²) in [5.41, 5.74) is 0.991. The highest BCUT2D eigenvalue weighted by Gasteiger charge is 2.55. The highest BCUT2D eigenvalue weighted by Crippen LogP contribution is 2.57. The summed E-state index contributed by atoms with van der Waals surface area (Å²) in [5.74, 6) is 1.38. The number of aliphatic hydroxyl groups is 1. The summed E-state index contributed by atoms with van der Waals surface area (Å²) >= 11 is 0. The number of carbonyl (C=O) groups is 1. The Morgan fingerprint density at radius 2 is 2.14 bits per heavy atom. The molecule has 2 saturated carbocycles. The number of rotatable bonds is 5. The molecule has 3 nitrogen and oxygen atoms in total. The molecule has 0 saturated heterocycles. The monoisotopic (exact) mass is 287 g/mol. The van der Waals surface area contributed by atoms with Crippen LogP contribution in [0.4, 0.5) is 0 Å². The molecular formula is C18H25NO2. The summed E-state index contributed by atoms with van der Waals surface area (Å²) in [6, 6.07) is 10.2. The van der Waals surface area contributed by atoms with E-state index in [0.29, 0.717) is 11.8 Å². The molecule has 0 aromatic heterocycles. The Bertz CT molecular complexity index is 501. The van der Waals surface area contributed by atoms with Crippen LogP contribution in [0.25, 0.3) is 0 Å². The van der Waals surface area contributed by atoms with Gasteiger partial charge >= 0.3 is 0 Å². The Hall–Kier alpha value is -1.35. The van der Waals surface area contributed by atoms with Gasteiger partial charge in [0.15, 0.2) is 0 Å². The lowest BCUT2D eigenvalue weighted by Crippen LogP contribution is -2.49. The van der Waals surface area contributed by atoms with Gasteiger partial charge in [0.1, 0.15) is 0 Å². The van der Waals surface area contributed by atoms with Crippen LogP contribution in [-0.4, -0.2) is 23.7 Å². The Morgan fingerprint density at radius 1 is 1.38 bits per heavy atom. The molecule has 0 spiro atoms. The lowest BCUT2D eigenvalue weighted by atomic mass is 9.68. The zero-order valence-electron chi connectivity index (χ0n) is 12.7. The second kappa shape index (κ2) is 5.80. The van der Waals surface area contributed by atoms with E-state index in [-0.39, 0.29) is 24.0 Å². The Morgan fingerprint density at radius 3 is 2.71 bits per heavy atom. The summed E-state index contributed by atoms with van der Waals surface area (Å²) in [6.45, 7) is 1.86. The zero-order valence-corrected chi connectivity index (χ0v) is 12.7. The number of nitrogens with one attached hydrogen (secondary N) is 1. The molecule has 4 atom stereocenters. The molecule has 2 aliphatic rings. The highest BCUT2D eigenvalue weighted by atomic mass is 16.3. The average molecular weight is 287 g/mol. The van der Waals surface area contributed by atoms with Gasteiger partial charge in [0.05, 0.1) is 12.0 Å². The molecule has 1 aromatic carbocycles. The Balaban J connectivity index is 1.84. The molecule has 2 bridgehead atoms. The van der Waals surface area contributed by atoms with Crippen LogP contribution in [-0.2, 0) is 11.2 Å². The number of amides is 1. The summed E-state index contributed by atoms with van der Waals surface area (Å²) in [4.78, 5) is 12.9. The van der Waals surface area contributed by atoms with Crippen LogP contribution in [0.5, 0.6) is 0 Å². The summed E-state index contributed by atoms with van der Waals surface area (Å²) in [5, 5.41) is 12.2. The smallest absolute Gasteiger partial charge is 0.227 e. The number of hydrogen-bond acceptors (Lipinski definition) is 2. The van der Waals surface area contributed by atoms with E-state index in [0.717, 1.165) is 12.8 Å². The predicted molar refractivity (Wildman–Crippen MR) is 82.7 cm³/mol. The molecule has 1 amide bonds. The van der Waals surface area contributed by atoms with Gasteiger partial charge in [0.2, 0.25) is 5.91 Å². The molecule has 3 rings (SSSR count). The van der Waals surface area contributed by atoms with Crippen molar-refractivity contribution in [3.63, 3.8) is 0 Å². The van der Waals surface area contributed by atoms with E-state index in [9.17, 15) is 9.90 Å². The molecule has 2 aliphatic carbocycles. The quantitative estimate of drug-likeness (QED) is 0.874. The largest absolute Gasteiger partial charge is 0.394 e. The van der Waals surface area contributed by atoms with Crippen LogP contribution in [0.15, 0.2) is 30.3 Å². The predicted octanol–water partition coefficient (Wildman–Crippen LogP) is 2.53. The van der Waals surface area contributed by atoms with Crippen LogP contribution in [0.3, 0.4) is 0 Å². The molecule has 114 valence electrons. The van der Waals surface area contributed by atoms with E-state index in [2.05, 4.69) is 17.4 Å². The molecule has 2 fully saturated rings. The topological polar surface area (TPSA) is 49.3 Å². The fourth-order valence-corrected chi connectivity index (χ4v) is 4.39. The van der Waals surface area contributed by atoms with E-state index >= 15 is 0 Å². The van der Waals surface area contributed by atoms with Crippen molar-refractivity contribution in [2.24, 2.45) is 17.3 Å². The third-order valence-corrected chi connectivity index (χ3v) is 5.44. The third kappa shape index (κ3) is 2.71. The van der Waals surface area contributed by atoms with Crippen molar-refractivity contribution < 1.29 is 9.90 Å². The van der Waals surface area contributed by atoms with Crippen molar-refractivity contribution in [2.45, 2.75) is 45.1 Å². The van der Waals surface area contributed by atoms with Crippen molar-refractivity contribution >= 4 is 5.91 Å². The standard InChI is InChI=1S/C18H25NO2/c1-13(12-20)19-17(21)18(10-14-5-3-2-4-6-14)11-15-7-8-16(18)9-15/h2-6,13,15-16,20H,7-12H2,1H3,(H,19,21). The molecule has 1 aromatic rings. The molecule has 2 N–H and O–H groups in total. The van der Waals surface area contributed by atoms with Crippen molar-refractivity contribution in [1.29, 1.82) is 0 Å². The number of hydrogen-bond donors (Lipinski definition) is 2. The lowest BCUT2D eigenvalue weighted by Gasteiger charge is -2.37. The van der Waals surface area contributed by atoms with Crippen molar-refractivity contribution in [3.05, 3.63) is 35.9 Å². The van der Waals surface area contributed by atoms with E-state index in [1.807, 2.05) is 25.1 Å². The maximum absolute atomic E-state index is 12.9. The van der Waals surface area contributed by atoms with E-state index in [1.54, 1.807) is 0 Å². The number of carbonyl (C=O) groups excluding carboxylic acids is 1. The first-order chi connectivity index (χ1) is 10.1. The van der Waals surface area contributed by atoms with Gasteiger partial charge in [-0.15, -0.1) is 0 Å². The fraction of sp³-hybridized carbons (Fsp3) is 0.611. The van der Waals surface area contributed by atoms with Gasteiger partial charge < -0.3 is 10.4 Å². The molecule has 4 unspecified atom stereocenters. The molecule has 0 heterocycles. The molecule has 0 aliphatic heterocycles. The van der Waals surface area contributed by atoms with Crippen LogP contribution in [0.1, 0.15) is 38.2 Å². The van der Waals surface area contributed by atoms with Crippen molar-refractivity contribution in [3.8, 4) is 0 Å². The Labute approximate surface area is 126 Å². The van der Waals surface area contributed by atoms with Gasteiger partial charge in [-0.05, 0) is 50.0 Å². The van der Waals surface area contributed by atoms with Crippen LogP contribution in [0, 0.1) is 17.3 Å². The van der Waals surface area contributed by atoms with Crippen LogP contribution < -0.4 is 5.32 Å². The second-order valence-corrected chi connectivity index (χ2v) is 6.96. The maximum Gasteiger partial charge on any atom is 0.227 e. The third-order valence-electron chi connectivity index (χ3n) is 5.44. The lowest BCUT2D eigenvalue weighted by molar-refractivity contribution is -0.135. The van der Waals surface area contributed by atoms with E-state index in [4.69, 9.17) is 0 Å². The van der Waals surface area contributed by atoms with Gasteiger partial charge in [-0.1, -0.05) is 36.8 Å². The molecule has 21 heavy (non-hydrogen) atoms. The minimum Gasteiger partial charge on any atom is -0.394 e. The normalized spacial score (nSPS) is 32.1. The summed E-state index contributed by atoms with van der Waals surface area (Å²) < 4.78 is 0. The van der Waals surface area contributed by atoms with Crippen molar-refractivity contribution in [2.75, 3.05) is 6.61 Å². The second-order valence-electron chi connectivity index (χ2n) is 6.96. The SMILES string of the molecule is CC(CO)NC(=O)C1(Cc2ccccc2)CC2CCC1C2. The van der Waals surface area contributed by atoms with Crippen LogP contribution >= 0.6 is 0 Å². The van der Waals surface area contributed by atoms with Gasteiger partial charge in [0.25, 0.3) is 0 Å². The zero-order chi connectivity index (χ0) is 14.9. The van der Waals surface area contributed by atoms with Crippen LogP contribution in [0.2, 0.25) is 0 Å². The number of aliphatic hydroxyl groups excluding tert-OH is 1. The highest BCUT2D eigenvalue weighted by molar-refractivity contribution is 5.84. The Kier molecular flexibility index (Phi) is 4.03. The average Bonchev–Trinajstić information content (AvgIpc) is 3.09. The number of benzene rings is 1. The molecular weight excluding hydrogens is 262 g/mol. The van der Waals surface area contributed by atoms with Crippen molar-refractivity contribution in [1.82, 2.24) is 5.32 Å². The number of fused-ring (bicyclic) bond motifs is 2. The van der Waals surface area contributed by atoms with Gasteiger partial charge in [-0.3, -0.25) is 4.79 Å². The first-order valence-electron chi connectivity index (χ1n) is 8.10. The van der Waals surface area contributed by atoms with E-state index < -0.39 is 0 Å². The summed E-state index contributed by atoms with van der Waals surface area (Å²) in [7, 11) is 0. The van der Waals surface area contributed by atoms with Gasteiger partial charge in [-0.25, -0.2) is 0 Å². The van der Waals surface area contributed by atoms with Gasteiger partial charge in [0, 0.05) is 6.04 Å². The minimum atomic E-state index is -0.256.